The summed E-state index contributed by atoms with van der Waals surface area (Å²) in [6.45, 7) is 20.7. The fraction of sp³-hybridized carbons (Fsp3) is 0.167. The number of para-hydroxylation sites is 5. The van der Waals surface area contributed by atoms with Crippen LogP contribution in [0.15, 0.2) is 211 Å². The molecule has 0 fully saturated rings. The third kappa shape index (κ3) is 6.81. The Morgan fingerprint density at radius 1 is 0.410 bits per heavy atom. The lowest BCUT2D eigenvalue weighted by Crippen LogP contribution is -2.62. The van der Waals surface area contributed by atoms with Crippen molar-refractivity contribution < 1.29 is 4.42 Å². The number of rotatable bonds is 5. The Bertz CT molecular complexity index is 4390. The molecular formula is C72H61BN4O. The lowest BCUT2D eigenvalue weighted by Gasteiger charge is -2.47. The molecule has 5 nitrogen and oxygen atoms in total. The predicted octanol–water partition coefficient (Wildman–Crippen LogP) is 18.1. The minimum atomic E-state index is -0.171. The molecule has 0 saturated heterocycles. The second-order valence-corrected chi connectivity index (χ2v) is 25.0. The maximum atomic E-state index is 6.62. The molecule has 0 radical (unpaired) electrons. The summed E-state index contributed by atoms with van der Waals surface area (Å²) in [6, 6.07) is 77.7. The van der Waals surface area contributed by atoms with E-state index in [1.807, 2.05) is 6.07 Å². The van der Waals surface area contributed by atoms with Gasteiger partial charge in [0.25, 0.3) is 6.71 Å². The zero-order chi connectivity index (χ0) is 53.1. The molecule has 3 aliphatic heterocycles. The Morgan fingerprint density at radius 3 is 1.68 bits per heavy atom. The number of nitrogens with zero attached hydrogens (tertiary/aromatic N) is 4. The zero-order valence-electron chi connectivity index (χ0n) is 45.9. The third-order valence-electron chi connectivity index (χ3n) is 17.2. The van der Waals surface area contributed by atoms with Crippen molar-refractivity contribution in [2.24, 2.45) is 0 Å². The third-order valence-corrected chi connectivity index (χ3v) is 17.2. The summed E-state index contributed by atoms with van der Waals surface area (Å²) in [5, 5.41) is 4.80. The van der Waals surface area contributed by atoms with E-state index in [1.54, 1.807) is 0 Å². The van der Waals surface area contributed by atoms with Gasteiger partial charge in [-0.3, -0.25) is 0 Å². The van der Waals surface area contributed by atoms with Crippen LogP contribution >= 0.6 is 0 Å². The smallest absolute Gasteiger partial charge is 0.252 e. The number of aromatic nitrogens is 1. The molecule has 12 aromatic rings. The first-order valence-electron chi connectivity index (χ1n) is 27.7. The number of furan rings is 1. The molecule has 378 valence electrons. The van der Waals surface area contributed by atoms with Gasteiger partial charge in [-0.25, -0.2) is 0 Å². The van der Waals surface area contributed by atoms with E-state index < -0.39 is 0 Å². The minimum absolute atomic E-state index is 0.0189. The van der Waals surface area contributed by atoms with Crippen LogP contribution in [0.4, 0.5) is 51.2 Å². The van der Waals surface area contributed by atoms with E-state index in [-0.39, 0.29) is 23.0 Å². The highest BCUT2D eigenvalue weighted by Crippen LogP contribution is 2.54. The lowest BCUT2D eigenvalue weighted by molar-refractivity contribution is 0.590. The van der Waals surface area contributed by atoms with Gasteiger partial charge in [-0.15, -0.1) is 0 Å². The molecule has 0 atom stereocenters. The van der Waals surface area contributed by atoms with Crippen LogP contribution in [0.25, 0.3) is 60.6 Å². The van der Waals surface area contributed by atoms with Gasteiger partial charge in [-0.2, -0.15) is 0 Å². The SMILES string of the molecule is CC(C)(C)c1ccc(N(c2ccc(C(C)(C)C)cc2)c2ccc3c(c2)N(c2ccc(-c4cccc5c4oc4ccccc45)cc2)c2cc(C(C)(C)C)cc4c2B3c2cccc3c2N4c2cccc4c5ccccc5n-3c24)cc1. The fourth-order valence-electron chi connectivity index (χ4n) is 13.2. The first-order valence-corrected chi connectivity index (χ1v) is 27.7. The van der Waals surface area contributed by atoms with Gasteiger partial charge in [0.1, 0.15) is 11.2 Å². The highest BCUT2D eigenvalue weighted by atomic mass is 16.3. The Balaban J connectivity index is 1.000. The molecule has 0 bridgehead atoms. The topological polar surface area (TPSA) is 27.8 Å². The lowest BCUT2D eigenvalue weighted by atomic mass is 9.33. The molecule has 0 N–H and O–H groups in total. The normalized spacial score (nSPS) is 13.6. The highest BCUT2D eigenvalue weighted by Gasteiger charge is 2.47. The first kappa shape index (κ1) is 46.6. The van der Waals surface area contributed by atoms with Gasteiger partial charge in [0.15, 0.2) is 0 Å². The molecule has 78 heavy (non-hydrogen) atoms. The standard InChI is InChI=1S/C72H61BN4O/c1-70(2,3)45-29-35-48(36-30-45)74(49-37-31-46(32-38-49)71(4,5)6)51-39-40-57-62(43-51)75(50-33-27-44(28-34-50)52-19-14-21-56-54-18-11-13-26-65(54)78-69(52)56)63-41-47(72(7,8)9)42-64-66(63)73(57)58-22-16-25-61-68(58)77(64)60-24-15-20-55-53-17-10-12-23-59(53)76(61)67(55)60/h10-43H,1-9H3. The van der Waals surface area contributed by atoms with Crippen LogP contribution in [0.5, 0.6) is 0 Å². The van der Waals surface area contributed by atoms with Crippen LogP contribution < -0.4 is 31.1 Å². The molecule has 10 aromatic carbocycles. The van der Waals surface area contributed by atoms with Gasteiger partial charge in [0.2, 0.25) is 0 Å². The summed E-state index contributed by atoms with van der Waals surface area (Å²) in [5.41, 5.74) is 25.8. The van der Waals surface area contributed by atoms with E-state index in [9.17, 15) is 0 Å². The van der Waals surface area contributed by atoms with E-state index in [4.69, 9.17) is 4.42 Å². The van der Waals surface area contributed by atoms with Crippen LogP contribution in [0.1, 0.15) is 79.0 Å². The van der Waals surface area contributed by atoms with Crippen LogP contribution in [-0.4, -0.2) is 11.3 Å². The molecule has 0 unspecified atom stereocenters. The Hall–Kier alpha value is -8.74. The first-order chi connectivity index (χ1) is 37.6. The van der Waals surface area contributed by atoms with E-state index in [2.05, 4.69) is 282 Å². The summed E-state index contributed by atoms with van der Waals surface area (Å²) in [4.78, 5) is 7.65. The molecule has 0 amide bonds. The number of hydrogen-bond donors (Lipinski definition) is 0. The largest absolute Gasteiger partial charge is 0.455 e. The molecule has 0 spiro atoms. The predicted molar refractivity (Wildman–Crippen MR) is 332 cm³/mol. The number of benzene rings is 10. The average molecular weight is 1010 g/mol. The van der Waals surface area contributed by atoms with Gasteiger partial charge in [0.05, 0.1) is 28.1 Å². The van der Waals surface area contributed by atoms with Crippen LogP contribution in [0, 0.1) is 0 Å². The second kappa shape index (κ2) is 16.4. The van der Waals surface area contributed by atoms with Crippen LogP contribution in [0.2, 0.25) is 0 Å². The van der Waals surface area contributed by atoms with Gasteiger partial charge in [-0.05, 0) is 140 Å². The summed E-state index contributed by atoms with van der Waals surface area (Å²) in [6.07, 6.45) is 0. The van der Waals surface area contributed by atoms with E-state index in [0.29, 0.717) is 0 Å². The van der Waals surface area contributed by atoms with Crippen LogP contribution in [-0.2, 0) is 16.2 Å². The quantitative estimate of drug-likeness (QED) is 0.161. The van der Waals surface area contributed by atoms with Gasteiger partial charge >= 0.3 is 0 Å². The van der Waals surface area contributed by atoms with Gasteiger partial charge in [-0.1, -0.05) is 184 Å². The molecule has 6 heteroatoms. The van der Waals surface area contributed by atoms with Crippen molar-refractivity contribution in [3.63, 3.8) is 0 Å². The number of hydrogen-bond acceptors (Lipinski definition) is 4. The Kier molecular flexibility index (Phi) is 9.78. The molecular weight excluding hydrogens is 948 g/mol. The molecule has 0 saturated carbocycles. The minimum Gasteiger partial charge on any atom is -0.455 e. The molecule has 2 aromatic heterocycles. The average Bonchev–Trinajstić information content (AvgIpc) is 4.06. The van der Waals surface area contributed by atoms with E-state index >= 15 is 0 Å². The number of fused-ring (bicyclic) bond motifs is 12. The van der Waals surface area contributed by atoms with Gasteiger partial charge in [0, 0.05) is 66.9 Å². The van der Waals surface area contributed by atoms with Crippen molar-refractivity contribution in [2.75, 3.05) is 14.7 Å². The second-order valence-electron chi connectivity index (χ2n) is 25.0. The Morgan fingerprint density at radius 2 is 0.987 bits per heavy atom. The number of anilines is 9. The van der Waals surface area contributed by atoms with Crippen molar-refractivity contribution in [3.8, 4) is 16.8 Å². The van der Waals surface area contributed by atoms with Gasteiger partial charge < -0.3 is 23.7 Å². The molecule has 15 rings (SSSR count). The summed E-state index contributed by atoms with van der Waals surface area (Å²) in [7, 11) is 0. The summed E-state index contributed by atoms with van der Waals surface area (Å²) < 4.78 is 9.16. The zero-order valence-corrected chi connectivity index (χ0v) is 45.9. The maximum Gasteiger partial charge on any atom is 0.252 e. The molecule has 5 heterocycles. The van der Waals surface area contributed by atoms with Crippen molar-refractivity contribution in [3.05, 3.63) is 223 Å². The highest BCUT2D eigenvalue weighted by molar-refractivity contribution is 7.00. The monoisotopic (exact) mass is 1010 g/mol. The van der Waals surface area contributed by atoms with Crippen molar-refractivity contribution in [2.45, 2.75) is 78.6 Å². The molecule has 0 aliphatic carbocycles. The van der Waals surface area contributed by atoms with E-state index in [1.165, 1.54) is 83.3 Å². The maximum absolute atomic E-state index is 6.62. The van der Waals surface area contributed by atoms with Crippen molar-refractivity contribution in [1.29, 1.82) is 0 Å². The fourth-order valence-corrected chi connectivity index (χ4v) is 13.2. The summed E-state index contributed by atoms with van der Waals surface area (Å²) in [5.74, 6) is 0. The summed E-state index contributed by atoms with van der Waals surface area (Å²) >= 11 is 0. The van der Waals surface area contributed by atoms with Crippen molar-refractivity contribution in [1.82, 2.24) is 4.57 Å². The molecule has 3 aliphatic rings. The Labute approximate surface area is 457 Å². The van der Waals surface area contributed by atoms with Crippen LogP contribution in [0.3, 0.4) is 0 Å². The van der Waals surface area contributed by atoms with Crippen molar-refractivity contribution >= 4 is 118 Å². The van der Waals surface area contributed by atoms with E-state index in [0.717, 1.165) is 61.5 Å².